The van der Waals surface area contributed by atoms with Gasteiger partial charge in [0.15, 0.2) is 0 Å². The van der Waals surface area contributed by atoms with Gasteiger partial charge in [-0.1, -0.05) is 24.9 Å². The summed E-state index contributed by atoms with van der Waals surface area (Å²) in [5, 5.41) is 13.4. The minimum Gasteiger partial charge on any atom is -0.388 e. The Bertz CT molecular complexity index is 502. The van der Waals surface area contributed by atoms with Crippen LogP contribution in [0.3, 0.4) is 0 Å². The molecule has 21 heavy (non-hydrogen) atoms. The number of nitrogens with zero attached hydrogens (tertiary/aromatic N) is 1. The maximum Gasteiger partial charge on any atom is 0.251 e. The minimum atomic E-state index is -0.878. The molecule has 6 heteroatoms. The Morgan fingerprint density at radius 1 is 1.48 bits per heavy atom. The van der Waals surface area contributed by atoms with Gasteiger partial charge in [-0.25, -0.2) is 4.98 Å². The van der Waals surface area contributed by atoms with Crippen LogP contribution in [0, 0.1) is 0 Å². The van der Waals surface area contributed by atoms with Gasteiger partial charge in [0, 0.05) is 43.9 Å². The highest BCUT2D eigenvalue weighted by Gasteiger charge is 2.30. The third kappa shape index (κ3) is 4.66. The Labute approximate surface area is 129 Å². The molecule has 2 N–H and O–H groups in total. The Balaban J connectivity index is 1.99. The first-order valence-corrected chi connectivity index (χ1v) is 7.65. The van der Waals surface area contributed by atoms with E-state index in [4.69, 9.17) is 16.3 Å². The Kier molecular flexibility index (Phi) is 5.56. The molecule has 0 unspecified atom stereocenters. The second-order valence-corrected chi connectivity index (χ2v) is 5.83. The van der Waals surface area contributed by atoms with Gasteiger partial charge in [0.2, 0.25) is 0 Å². The normalized spacial score (nSPS) is 17.5. The van der Waals surface area contributed by atoms with Crippen LogP contribution >= 0.6 is 11.6 Å². The molecule has 1 aromatic heterocycles. The predicted octanol–water partition coefficient (Wildman–Crippen LogP) is 1.96. The molecule has 1 saturated heterocycles. The van der Waals surface area contributed by atoms with Crippen LogP contribution in [0.2, 0.25) is 5.15 Å². The number of aromatic nitrogens is 1. The van der Waals surface area contributed by atoms with E-state index in [-0.39, 0.29) is 12.5 Å². The highest BCUT2D eigenvalue weighted by molar-refractivity contribution is 6.29. The van der Waals surface area contributed by atoms with Gasteiger partial charge in [0.25, 0.3) is 5.91 Å². The molecule has 1 fully saturated rings. The van der Waals surface area contributed by atoms with Crippen molar-refractivity contribution in [3.05, 3.63) is 28.5 Å². The predicted molar refractivity (Wildman–Crippen MR) is 80.6 cm³/mol. The number of aryl methyl sites for hydroxylation is 1. The zero-order valence-electron chi connectivity index (χ0n) is 12.2. The lowest BCUT2D eigenvalue weighted by Crippen LogP contribution is -2.46. The second kappa shape index (κ2) is 7.20. The van der Waals surface area contributed by atoms with Crippen molar-refractivity contribution in [3.8, 4) is 0 Å². The van der Waals surface area contributed by atoms with E-state index in [0.717, 1.165) is 18.5 Å². The first kappa shape index (κ1) is 16.2. The van der Waals surface area contributed by atoms with E-state index in [0.29, 0.717) is 36.8 Å². The maximum atomic E-state index is 12.2. The van der Waals surface area contributed by atoms with Gasteiger partial charge in [-0.15, -0.1) is 0 Å². The fraction of sp³-hybridized carbons (Fsp3) is 0.600. The monoisotopic (exact) mass is 312 g/mol. The van der Waals surface area contributed by atoms with E-state index in [1.807, 2.05) is 6.92 Å². The summed E-state index contributed by atoms with van der Waals surface area (Å²) in [6, 6.07) is 3.29. The number of hydrogen-bond acceptors (Lipinski definition) is 4. The Morgan fingerprint density at radius 3 is 2.86 bits per heavy atom. The quantitative estimate of drug-likeness (QED) is 0.815. The third-order valence-electron chi connectivity index (χ3n) is 3.62. The van der Waals surface area contributed by atoms with Crippen LogP contribution < -0.4 is 5.32 Å². The van der Waals surface area contributed by atoms with Crippen LogP contribution in [0.15, 0.2) is 12.1 Å². The number of rotatable bonds is 5. The van der Waals surface area contributed by atoms with Crippen molar-refractivity contribution in [2.45, 2.75) is 38.2 Å². The number of halogens is 1. The average molecular weight is 313 g/mol. The number of carbonyl (C=O) groups excluding carboxylic acids is 1. The van der Waals surface area contributed by atoms with Crippen LogP contribution in [-0.4, -0.2) is 41.4 Å². The standard InChI is InChI=1S/C15H21ClN2O3/c1-2-3-12-8-11(9-13(16)18-12)14(19)17-10-15(20)4-6-21-7-5-15/h8-9,20H,2-7,10H2,1H3,(H,17,19). The van der Waals surface area contributed by atoms with Crippen LogP contribution in [0.4, 0.5) is 0 Å². The van der Waals surface area contributed by atoms with Crippen molar-refractivity contribution in [3.63, 3.8) is 0 Å². The zero-order valence-corrected chi connectivity index (χ0v) is 12.9. The molecule has 0 spiro atoms. The molecule has 0 atom stereocenters. The number of amides is 1. The SMILES string of the molecule is CCCc1cc(C(=O)NCC2(O)CCOCC2)cc(Cl)n1. The third-order valence-corrected chi connectivity index (χ3v) is 3.81. The van der Waals surface area contributed by atoms with E-state index >= 15 is 0 Å². The molecular formula is C15H21ClN2O3. The lowest BCUT2D eigenvalue weighted by atomic mass is 9.94. The molecule has 2 heterocycles. The molecule has 0 aliphatic carbocycles. The molecule has 5 nitrogen and oxygen atoms in total. The van der Waals surface area contributed by atoms with Crippen LogP contribution in [0.5, 0.6) is 0 Å². The molecule has 1 aliphatic rings. The van der Waals surface area contributed by atoms with Gasteiger partial charge in [-0.2, -0.15) is 0 Å². The lowest BCUT2D eigenvalue weighted by molar-refractivity contribution is -0.0605. The van der Waals surface area contributed by atoms with Crippen LogP contribution in [-0.2, 0) is 11.2 Å². The first-order valence-electron chi connectivity index (χ1n) is 7.27. The summed E-state index contributed by atoms with van der Waals surface area (Å²) in [5.41, 5.74) is 0.408. The molecule has 0 radical (unpaired) electrons. The molecule has 1 aliphatic heterocycles. The first-order chi connectivity index (χ1) is 10.0. The van der Waals surface area contributed by atoms with Gasteiger partial charge in [0.1, 0.15) is 5.15 Å². The van der Waals surface area contributed by atoms with E-state index in [1.165, 1.54) is 0 Å². The molecule has 0 bridgehead atoms. The molecule has 0 saturated carbocycles. The van der Waals surface area contributed by atoms with Gasteiger partial charge < -0.3 is 15.2 Å². The molecule has 1 amide bonds. The zero-order chi connectivity index (χ0) is 15.3. The van der Waals surface area contributed by atoms with Crippen LogP contribution in [0.25, 0.3) is 0 Å². The van der Waals surface area contributed by atoms with E-state index in [9.17, 15) is 9.90 Å². The molecule has 0 aromatic carbocycles. The topological polar surface area (TPSA) is 71.5 Å². The van der Waals surface area contributed by atoms with Crippen molar-refractivity contribution in [2.24, 2.45) is 0 Å². The van der Waals surface area contributed by atoms with Crippen molar-refractivity contribution < 1.29 is 14.6 Å². The summed E-state index contributed by atoms with van der Waals surface area (Å²) in [6.45, 7) is 3.31. The summed E-state index contributed by atoms with van der Waals surface area (Å²) in [4.78, 5) is 16.4. The number of carbonyl (C=O) groups is 1. The number of nitrogens with one attached hydrogen (secondary N) is 1. The second-order valence-electron chi connectivity index (χ2n) is 5.44. The summed E-state index contributed by atoms with van der Waals surface area (Å²) in [6.07, 6.45) is 2.78. The minimum absolute atomic E-state index is 0.220. The fourth-order valence-electron chi connectivity index (χ4n) is 2.34. The summed E-state index contributed by atoms with van der Waals surface area (Å²) in [7, 11) is 0. The molecule has 1 aromatic rings. The highest BCUT2D eigenvalue weighted by Crippen LogP contribution is 2.19. The van der Waals surface area contributed by atoms with Gasteiger partial charge in [-0.3, -0.25) is 4.79 Å². The van der Waals surface area contributed by atoms with Crippen molar-refractivity contribution in [1.82, 2.24) is 10.3 Å². The van der Waals surface area contributed by atoms with E-state index in [2.05, 4.69) is 10.3 Å². The van der Waals surface area contributed by atoms with Crippen LogP contribution in [0.1, 0.15) is 42.2 Å². The average Bonchev–Trinajstić information content (AvgIpc) is 2.45. The fourth-order valence-corrected chi connectivity index (χ4v) is 2.57. The number of hydrogen-bond donors (Lipinski definition) is 2. The van der Waals surface area contributed by atoms with E-state index < -0.39 is 5.60 Å². The van der Waals surface area contributed by atoms with Gasteiger partial charge in [-0.05, 0) is 18.6 Å². The Morgan fingerprint density at radius 2 is 2.19 bits per heavy atom. The molecular weight excluding hydrogens is 292 g/mol. The number of pyridine rings is 1. The highest BCUT2D eigenvalue weighted by atomic mass is 35.5. The summed E-state index contributed by atoms with van der Waals surface area (Å²) < 4.78 is 5.22. The maximum absolute atomic E-state index is 12.2. The van der Waals surface area contributed by atoms with Crippen molar-refractivity contribution >= 4 is 17.5 Å². The van der Waals surface area contributed by atoms with Crippen molar-refractivity contribution in [2.75, 3.05) is 19.8 Å². The number of aliphatic hydroxyl groups is 1. The summed E-state index contributed by atoms with van der Waals surface area (Å²) in [5.74, 6) is -0.239. The molecule has 2 rings (SSSR count). The number of ether oxygens (including phenoxy) is 1. The van der Waals surface area contributed by atoms with Gasteiger partial charge >= 0.3 is 0 Å². The largest absolute Gasteiger partial charge is 0.388 e. The van der Waals surface area contributed by atoms with E-state index in [1.54, 1.807) is 12.1 Å². The van der Waals surface area contributed by atoms with Crippen molar-refractivity contribution in [1.29, 1.82) is 0 Å². The molecule has 116 valence electrons. The Hall–Kier alpha value is -1.17. The summed E-state index contributed by atoms with van der Waals surface area (Å²) >= 11 is 5.95. The smallest absolute Gasteiger partial charge is 0.251 e. The van der Waals surface area contributed by atoms with Gasteiger partial charge in [0.05, 0.1) is 5.60 Å². The lowest BCUT2D eigenvalue weighted by Gasteiger charge is -2.32.